The molecule has 0 saturated carbocycles. The van der Waals surface area contributed by atoms with E-state index in [1.807, 2.05) is 6.07 Å². The van der Waals surface area contributed by atoms with Gasteiger partial charge in [-0.15, -0.1) is 0 Å². The van der Waals surface area contributed by atoms with Gasteiger partial charge in [-0.3, -0.25) is 0 Å². The first-order valence-electron chi connectivity index (χ1n) is 6.86. The van der Waals surface area contributed by atoms with Gasteiger partial charge < -0.3 is 10.4 Å². The van der Waals surface area contributed by atoms with Crippen molar-refractivity contribution < 1.29 is 9.90 Å². The third kappa shape index (κ3) is 7.12. The molecule has 0 saturated heterocycles. The summed E-state index contributed by atoms with van der Waals surface area (Å²) < 4.78 is -2.17. The normalized spacial score (nSPS) is 10.5. The molecule has 2 aromatic rings. The van der Waals surface area contributed by atoms with E-state index in [0.717, 1.165) is 6.54 Å². The summed E-state index contributed by atoms with van der Waals surface area (Å²) in [4.78, 5) is 9.62. The van der Waals surface area contributed by atoms with Crippen LogP contribution >= 0.6 is 34.8 Å². The molecule has 0 aliphatic heterocycles. The van der Waals surface area contributed by atoms with Gasteiger partial charge in [-0.1, -0.05) is 77.3 Å². The Kier molecular flexibility index (Phi) is 7.69. The van der Waals surface area contributed by atoms with Crippen LogP contribution in [0.3, 0.4) is 0 Å². The number of nitrogens with one attached hydrogen (secondary N) is 1. The van der Waals surface area contributed by atoms with E-state index in [4.69, 9.17) is 39.9 Å². The minimum absolute atomic E-state index is 0.880. The number of carboxylic acid groups (broad SMARTS) is 1. The molecule has 0 radical (unpaired) electrons. The second-order valence-corrected chi connectivity index (χ2v) is 7.17. The molecule has 0 bridgehead atoms. The highest BCUT2D eigenvalue weighted by Gasteiger charge is 2.29. The van der Waals surface area contributed by atoms with Gasteiger partial charge in [0.05, 0.1) is 0 Å². The van der Waals surface area contributed by atoms with E-state index < -0.39 is 9.76 Å². The van der Waals surface area contributed by atoms with Gasteiger partial charge in [-0.05, 0) is 36.6 Å². The van der Waals surface area contributed by atoms with E-state index in [0.29, 0.717) is 0 Å². The lowest BCUT2D eigenvalue weighted by atomic mass is 10.1. The number of hydrogen-bond donors (Lipinski definition) is 2. The summed E-state index contributed by atoms with van der Waals surface area (Å²) in [6.07, 6.45) is 0. The summed E-state index contributed by atoms with van der Waals surface area (Å²) in [6.45, 7) is 5.18. The predicted molar refractivity (Wildman–Crippen MR) is 97.6 cm³/mol. The van der Waals surface area contributed by atoms with E-state index in [-0.39, 0.29) is 0 Å². The minimum Gasteiger partial charge on any atom is -0.478 e. The van der Waals surface area contributed by atoms with Gasteiger partial charge in [0.2, 0.25) is 0 Å². The van der Waals surface area contributed by atoms with Crippen molar-refractivity contribution in [2.75, 3.05) is 5.32 Å². The van der Waals surface area contributed by atoms with Crippen molar-refractivity contribution in [3.05, 3.63) is 65.2 Å². The molecule has 0 amide bonds. The van der Waals surface area contributed by atoms with Crippen LogP contribution in [0.5, 0.6) is 0 Å². The molecule has 0 fully saturated rings. The third-order valence-corrected chi connectivity index (χ3v) is 3.66. The van der Waals surface area contributed by atoms with Crippen LogP contribution in [0.15, 0.2) is 48.5 Å². The molecule has 2 aromatic carbocycles. The Morgan fingerprint density at radius 3 is 2.13 bits per heavy atom. The van der Waals surface area contributed by atoms with Crippen molar-refractivity contribution in [1.82, 2.24) is 0 Å². The van der Waals surface area contributed by atoms with Gasteiger partial charge in [-0.25, -0.2) is 4.79 Å². The Bertz CT molecular complexity index is 640. The summed E-state index contributed by atoms with van der Waals surface area (Å²) in [6, 6.07) is 16.8. The fourth-order valence-corrected chi connectivity index (χ4v) is 1.74. The van der Waals surface area contributed by atoms with Gasteiger partial charge in [0.15, 0.2) is 0 Å². The highest BCUT2D eigenvalue weighted by Crippen LogP contribution is 2.25. The second-order valence-electron chi connectivity index (χ2n) is 4.89. The highest BCUT2D eigenvalue weighted by atomic mass is 35.6. The Labute approximate surface area is 151 Å². The molecular weight excluding hydrogens is 357 g/mol. The van der Waals surface area contributed by atoms with Crippen molar-refractivity contribution in [3.8, 4) is 0 Å². The standard InChI is InChI=1S/C15H17N.C2HCl3O2/c1-12-7-6-10-15(13(12)2)16-11-14-8-4-3-5-9-14;3-2(4,5)1(6)7/h3-10,16H,11H2,1-2H3;(H,6,7). The largest absolute Gasteiger partial charge is 0.478 e. The van der Waals surface area contributed by atoms with Crippen molar-refractivity contribution in [1.29, 1.82) is 0 Å². The molecule has 2 rings (SSSR count). The molecule has 6 heteroatoms. The second kappa shape index (κ2) is 9.02. The predicted octanol–water partition coefficient (Wildman–Crippen LogP) is 5.36. The molecule has 3 nitrogen and oxygen atoms in total. The van der Waals surface area contributed by atoms with Gasteiger partial charge in [0.1, 0.15) is 0 Å². The molecule has 23 heavy (non-hydrogen) atoms. The van der Waals surface area contributed by atoms with E-state index in [1.54, 1.807) is 0 Å². The average molecular weight is 375 g/mol. The van der Waals surface area contributed by atoms with Crippen LogP contribution in [-0.2, 0) is 11.3 Å². The summed E-state index contributed by atoms with van der Waals surface area (Å²) in [5.74, 6) is -1.46. The van der Waals surface area contributed by atoms with Crippen LogP contribution in [-0.4, -0.2) is 14.9 Å². The number of halogens is 3. The lowest BCUT2D eigenvalue weighted by molar-refractivity contribution is -0.135. The average Bonchev–Trinajstić information content (AvgIpc) is 2.49. The Hall–Kier alpha value is -1.42. The first-order chi connectivity index (χ1) is 10.7. The molecule has 0 aliphatic carbocycles. The Morgan fingerprint density at radius 2 is 1.61 bits per heavy atom. The number of benzene rings is 2. The van der Waals surface area contributed by atoms with Gasteiger partial charge >= 0.3 is 5.97 Å². The molecule has 0 spiro atoms. The zero-order valence-electron chi connectivity index (χ0n) is 12.8. The van der Waals surface area contributed by atoms with E-state index in [1.165, 1.54) is 22.4 Å². The topological polar surface area (TPSA) is 49.3 Å². The smallest absolute Gasteiger partial charge is 0.356 e. The number of anilines is 1. The van der Waals surface area contributed by atoms with Crippen LogP contribution in [0.4, 0.5) is 5.69 Å². The number of aryl methyl sites for hydroxylation is 1. The van der Waals surface area contributed by atoms with Gasteiger partial charge in [0, 0.05) is 12.2 Å². The number of aliphatic carboxylic acids is 1. The number of rotatable bonds is 3. The van der Waals surface area contributed by atoms with Crippen LogP contribution in [0.25, 0.3) is 0 Å². The molecule has 0 atom stereocenters. The number of hydrogen-bond acceptors (Lipinski definition) is 2. The summed E-state index contributed by atoms with van der Waals surface area (Å²) in [7, 11) is 0. The Morgan fingerprint density at radius 1 is 1.04 bits per heavy atom. The minimum atomic E-state index is -2.17. The van der Waals surface area contributed by atoms with E-state index in [9.17, 15) is 4.79 Å². The maximum atomic E-state index is 9.62. The maximum Gasteiger partial charge on any atom is 0.356 e. The van der Waals surface area contributed by atoms with Crippen molar-refractivity contribution in [3.63, 3.8) is 0 Å². The highest BCUT2D eigenvalue weighted by molar-refractivity contribution is 6.75. The van der Waals surface area contributed by atoms with Crippen LogP contribution in [0.1, 0.15) is 16.7 Å². The summed E-state index contributed by atoms with van der Waals surface area (Å²) >= 11 is 14.4. The molecule has 2 N–H and O–H groups in total. The SMILES string of the molecule is Cc1cccc(NCc2ccccc2)c1C.O=C(O)C(Cl)(Cl)Cl. The molecule has 0 aromatic heterocycles. The summed E-state index contributed by atoms with van der Waals surface area (Å²) in [5, 5.41) is 11.3. The quantitative estimate of drug-likeness (QED) is 0.711. The fourth-order valence-electron chi connectivity index (χ4n) is 1.74. The van der Waals surface area contributed by atoms with E-state index >= 15 is 0 Å². The third-order valence-electron chi connectivity index (χ3n) is 3.17. The van der Waals surface area contributed by atoms with Crippen molar-refractivity contribution >= 4 is 46.5 Å². The van der Waals surface area contributed by atoms with Crippen LogP contribution in [0.2, 0.25) is 0 Å². The maximum absolute atomic E-state index is 9.62. The first-order valence-corrected chi connectivity index (χ1v) is 7.99. The molecular formula is C17H18Cl3NO2. The lowest BCUT2D eigenvalue weighted by Gasteiger charge is -2.11. The molecule has 0 aliphatic rings. The van der Waals surface area contributed by atoms with E-state index in [2.05, 4.69) is 61.6 Å². The fraction of sp³-hybridized carbons (Fsp3) is 0.235. The van der Waals surface area contributed by atoms with Crippen LogP contribution in [0, 0.1) is 13.8 Å². The van der Waals surface area contributed by atoms with Crippen molar-refractivity contribution in [2.45, 2.75) is 24.2 Å². The molecule has 124 valence electrons. The van der Waals surface area contributed by atoms with Gasteiger partial charge in [-0.2, -0.15) is 0 Å². The van der Waals surface area contributed by atoms with Crippen LogP contribution < -0.4 is 5.32 Å². The lowest BCUT2D eigenvalue weighted by Crippen LogP contribution is -2.16. The number of carbonyl (C=O) groups is 1. The van der Waals surface area contributed by atoms with Crippen molar-refractivity contribution in [2.24, 2.45) is 0 Å². The molecule has 0 heterocycles. The number of carboxylic acids is 1. The first kappa shape index (κ1) is 19.6. The Balaban J connectivity index is 0.000000322. The summed E-state index contributed by atoms with van der Waals surface area (Å²) in [5.41, 5.74) is 5.20. The molecule has 0 unspecified atom stereocenters. The van der Waals surface area contributed by atoms with Gasteiger partial charge in [0.25, 0.3) is 3.79 Å². The number of alkyl halides is 3. The zero-order chi connectivity index (χ0) is 17.5. The zero-order valence-corrected chi connectivity index (χ0v) is 15.1. The monoisotopic (exact) mass is 373 g/mol.